The summed E-state index contributed by atoms with van der Waals surface area (Å²) in [5, 5.41) is 8.75. The topological polar surface area (TPSA) is 37.3 Å². The first-order valence-corrected chi connectivity index (χ1v) is 5.54. The van der Waals surface area contributed by atoms with Crippen LogP contribution >= 0.6 is 11.6 Å². The quantitative estimate of drug-likeness (QED) is 0.489. The van der Waals surface area contributed by atoms with Crippen LogP contribution in [0.4, 0.5) is 0 Å². The molecule has 0 amide bonds. The summed E-state index contributed by atoms with van der Waals surface area (Å²) in [6, 6.07) is 0. The van der Waals surface area contributed by atoms with Gasteiger partial charge in [-0.3, -0.25) is 4.79 Å². The molecule has 0 saturated carbocycles. The van der Waals surface area contributed by atoms with Crippen molar-refractivity contribution in [1.82, 2.24) is 0 Å². The molecule has 0 radical (unpaired) electrons. The van der Waals surface area contributed by atoms with Crippen LogP contribution in [0.1, 0.15) is 45.4 Å². The van der Waals surface area contributed by atoms with Gasteiger partial charge in [0.2, 0.25) is 0 Å². The second-order valence-corrected chi connectivity index (χ2v) is 3.71. The zero-order chi connectivity index (χ0) is 10.1. The van der Waals surface area contributed by atoms with Crippen molar-refractivity contribution in [3.05, 3.63) is 0 Å². The molecule has 0 aromatic rings. The average Bonchev–Trinajstić information content (AvgIpc) is 2.10. The molecule has 0 bridgehead atoms. The van der Waals surface area contributed by atoms with Gasteiger partial charge in [-0.1, -0.05) is 26.2 Å². The van der Waals surface area contributed by atoms with Crippen LogP contribution in [0, 0.1) is 5.92 Å². The maximum Gasteiger partial charge on any atom is 0.306 e. The summed E-state index contributed by atoms with van der Waals surface area (Å²) < 4.78 is 0. The third kappa shape index (κ3) is 6.88. The molecule has 0 aliphatic carbocycles. The predicted molar refractivity (Wildman–Crippen MR) is 55.2 cm³/mol. The normalized spacial score (nSPS) is 12.8. The van der Waals surface area contributed by atoms with Gasteiger partial charge < -0.3 is 5.11 Å². The van der Waals surface area contributed by atoms with E-state index in [1.54, 1.807) is 0 Å². The Labute approximate surface area is 85.3 Å². The molecule has 0 aromatic heterocycles. The number of unbranched alkanes of at least 4 members (excludes halogenated alkanes) is 3. The summed E-state index contributed by atoms with van der Waals surface area (Å²) in [4.78, 5) is 10.6. The standard InChI is InChI=1S/C10H19ClO2/c1-2-9(10(12)13)7-5-3-4-6-8-11/h9H,2-8H2,1H3,(H,12,13). The van der Waals surface area contributed by atoms with Crippen LogP contribution in [-0.2, 0) is 4.79 Å². The van der Waals surface area contributed by atoms with Gasteiger partial charge in [0, 0.05) is 5.88 Å². The van der Waals surface area contributed by atoms with Gasteiger partial charge in [-0.05, 0) is 19.3 Å². The Bertz CT molecular complexity index is 137. The molecule has 0 aliphatic heterocycles. The van der Waals surface area contributed by atoms with Crippen LogP contribution in [-0.4, -0.2) is 17.0 Å². The zero-order valence-corrected chi connectivity index (χ0v) is 9.02. The first kappa shape index (κ1) is 12.8. The highest BCUT2D eigenvalue weighted by Crippen LogP contribution is 2.14. The highest BCUT2D eigenvalue weighted by atomic mass is 35.5. The van der Waals surface area contributed by atoms with Crippen LogP contribution in [0.2, 0.25) is 0 Å². The van der Waals surface area contributed by atoms with E-state index in [9.17, 15) is 4.79 Å². The van der Waals surface area contributed by atoms with E-state index < -0.39 is 5.97 Å². The number of carboxylic acid groups (broad SMARTS) is 1. The minimum Gasteiger partial charge on any atom is -0.481 e. The van der Waals surface area contributed by atoms with Crippen molar-refractivity contribution in [2.24, 2.45) is 5.92 Å². The molecular weight excluding hydrogens is 188 g/mol. The fraction of sp³-hybridized carbons (Fsp3) is 0.900. The molecule has 1 unspecified atom stereocenters. The second-order valence-electron chi connectivity index (χ2n) is 3.34. The number of hydrogen-bond acceptors (Lipinski definition) is 1. The molecular formula is C10H19ClO2. The molecule has 1 N–H and O–H groups in total. The Balaban J connectivity index is 3.33. The molecule has 0 heterocycles. The van der Waals surface area contributed by atoms with Gasteiger partial charge in [0.1, 0.15) is 0 Å². The van der Waals surface area contributed by atoms with Crippen molar-refractivity contribution in [2.75, 3.05) is 5.88 Å². The van der Waals surface area contributed by atoms with E-state index in [1.165, 1.54) is 0 Å². The molecule has 0 fully saturated rings. The average molecular weight is 207 g/mol. The Hall–Kier alpha value is -0.240. The monoisotopic (exact) mass is 206 g/mol. The number of alkyl halides is 1. The van der Waals surface area contributed by atoms with Crippen molar-refractivity contribution in [1.29, 1.82) is 0 Å². The maximum atomic E-state index is 10.6. The van der Waals surface area contributed by atoms with E-state index in [0.717, 1.165) is 44.4 Å². The van der Waals surface area contributed by atoms with Gasteiger partial charge in [-0.2, -0.15) is 0 Å². The van der Waals surface area contributed by atoms with E-state index in [4.69, 9.17) is 16.7 Å². The summed E-state index contributed by atoms with van der Waals surface area (Å²) in [7, 11) is 0. The zero-order valence-electron chi connectivity index (χ0n) is 8.26. The number of aliphatic carboxylic acids is 1. The van der Waals surface area contributed by atoms with Crippen molar-refractivity contribution in [3.8, 4) is 0 Å². The SMILES string of the molecule is CCC(CCCCCCCl)C(=O)O. The highest BCUT2D eigenvalue weighted by Gasteiger charge is 2.13. The van der Waals surface area contributed by atoms with E-state index in [-0.39, 0.29) is 5.92 Å². The molecule has 2 nitrogen and oxygen atoms in total. The van der Waals surface area contributed by atoms with Gasteiger partial charge in [0.05, 0.1) is 5.92 Å². The first-order chi connectivity index (χ1) is 6.22. The molecule has 0 saturated heterocycles. The smallest absolute Gasteiger partial charge is 0.306 e. The fourth-order valence-corrected chi connectivity index (χ4v) is 1.53. The van der Waals surface area contributed by atoms with Crippen molar-refractivity contribution >= 4 is 17.6 Å². The summed E-state index contributed by atoms with van der Waals surface area (Å²) in [5.41, 5.74) is 0. The van der Waals surface area contributed by atoms with E-state index in [0.29, 0.717) is 0 Å². The first-order valence-electron chi connectivity index (χ1n) is 5.01. The Morgan fingerprint density at radius 1 is 1.31 bits per heavy atom. The van der Waals surface area contributed by atoms with Gasteiger partial charge in [-0.25, -0.2) is 0 Å². The number of rotatable bonds is 8. The molecule has 0 rings (SSSR count). The van der Waals surface area contributed by atoms with Crippen LogP contribution in [0.3, 0.4) is 0 Å². The summed E-state index contributed by atoms with van der Waals surface area (Å²) in [6.45, 7) is 1.93. The highest BCUT2D eigenvalue weighted by molar-refractivity contribution is 6.17. The van der Waals surface area contributed by atoms with E-state index in [2.05, 4.69) is 0 Å². The molecule has 0 aliphatic rings. The maximum absolute atomic E-state index is 10.6. The van der Waals surface area contributed by atoms with Gasteiger partial charge in [-0.15, -0.1) is 11.6 Å². The number of hydrogen-bond donors (Lipinski definition) is 1. The van der Waals surface area contributed by atoms with Crippen LogP contribution in [0.5, 0.6) is 0 Å². The summed E-state index contributed by atoms with van der Waals surface area (Å²) in [5.74, 6) is -0.0771. The van der Waals surface area contributed by atoms with Crippen LogP contribution in [0.15, 0.2) is 0 Å². The van der Waals surface area contributed by atoms with Crippen LogP contribution in [0.25, 0.3) is 0 Å². The Kier molecular flexibility index (Phi) is 8.21. The second kappa shape index (κ2) is 8.36. The third-order valence-corrected chi connectivity index (χ3v) is 2.55. The largest absolute Gasteiger partial charge is 0.481 e. The lowest BCUT2D eigenvalue weighted by molar-refractivity contribution is -0.142. The van der Waals surface area contributed by atoms with Crippen molar-refractivity contribution < 1.29 is 9.90 Å². The fourth-order valence-electron chi connectivity index (χ4n) is 1.34. The summed E-state index contributed by atoms with van der Waals surface area (Å²) >= 11 is 5.53. The number of carboxylic acids is 1. The number of carbonyl (C=O) groups is 1. The Morgan fingerprint density at radius 2 is 1.92 bits per heavy atom. The van der Waals surface area contributed by atoms with Gasteiger partial charge in [0.25, 0.3) is 0 Å². The molecule has 3 heteroatoms. The van der Waals surface area contributed by atoms with Crippen LogP contribution < -0.4 is 0 Å². The molecule has 1 atom stereocenters. The molecule has 78 valence electrons. The summed E-state index contributed by atoms with van der Waals surface area (Å²) in [6.07, 6.45) is 5.85. The van der Waals surface area contributed by atoms with E-state index >= 15 is 0 Å². The van der Waals surface area contributed by atoms with Crippen molar-refractivity contribution in [3.63, 3.8) is 0 Å². The van der Waals surface area contributed by atoms with Gasteiger partial charge in [0.15, 0.2) is 0 Å². The minimum absolute atomic E-state index is 0.143. The lowest BCUT2D eigenvalue weighted by Crippen LogP contribution is -2.12. The lowest BCUT2D eigenvalue weighted by atomic mass is 9.99. The molecule has 0 aromatic carbocycles. The predicted octanol–water partition coefficient (Wildman–Crippen LogP) is 3.29. The number of halogens is 1. The lowest BCUT2D eigenvalue weighted by Gasteiger charge is -2.08. The van der Waals surface area contributed by atoms with Crippen molar-refractivity contribution in [2.45, 2.75) is 45.4 Å². The van der Waals surface area contributed by atoms with E-state index in [1.807, 2.05) is 6.92 Å². The third-order valence-electron chi connectivity index (χ3n) is 2.28. The minimum atomic E-state index is -0.653. The molecule has 0 spiro atoms. The van der Waals surface area contributed by atoms with Gasteiger partial charge >= 0.3 is 5.97 Å². The molecule has 13 heavy (non-hydrogen) atoms. The Morgan fingerprint density at radius 3 is 2.38 bits per heavy atom.